The lowest BCUT2D eigenvalue weighted by atomic mass is 10.0. The van der Waals surface area contributed by atoms with E-state index in [0.717, 1.165) is 12.1 Å². The van der Waals surface area contributed by atoms with Crippen LogP contribution in [0.2, 0.25) is 0 Å². The van der Waals surface area contributed by atoms with Crippen LogP contribution in [0.15, 0.2) is 22.6 Å². The van der Waals surface area contributed by atoms with Gasteiger partial charge in [0.05, 0.1) is 10.9 Å². The van der Waals surface area contributed by atoms with Gasteiger partial charge in [-0.05, 0) is 19.9 Å². The SMILES string of the molecule is CC(C)(N)c1cc2c(F)cc(F)cc2o1. The number of furan rings is 1. The smallest absolute Gasteiger partial charge is 0.140 e. The van der Waals surface area contributed by atoms with E-state index >= 15 is 0 Å². The minimum Gasteiger partial charge on any atom is -0.459 e. The van der Waals surface area contributed by atoms with Crippen molar-refractivity contribution >= 4 is 11.0 Å². The minimum atomic E-state index is -0.706. The minimum absolute atomic E-state index is 0.182. The van der Waals surface area contributed by atoms with E-state index in [0.29, 0.717) is 5.76 Å². The molecular weight excluding hydrogens is 200 g/mol. The van der Waals surface area contributed by atoms with Crippen LogP contribution >= 0.6 is 0 Å². The number of halogens is 2. The monoisotopic (exact) mass is 211 g/mol. The van der Waals surface area contributed by atoms with Crippen molar-refractivity contribution in [2.24, 2.45) is 5.73 Å². The molecule has 1 aromatic carbocycles. The van der Waals surface area contributed by atoms with E-state index in [1.807, 2.05) is 0 Å². The van der Waals surface area contributed by atoms with Gasteiger partial charge in [0.25, 0.3) is 0 Å². The van der Waals surface area contributed by atoms with E-state index in [-0.39, 0.29) is 11.0 Å². The van der Waals surface area contributed by atoms with Crippen LogP contribution in [0, 0.1) is 11.6 Å². The Kier molecular flexibility index (Phi) is 2.04. The second-order valence-corrected chi connectivity index (χ2v) is 4.13. The second kappa shape index (κ2) is 3.03. The number of hydrogen-bond donors (Lipinski definition) is 1. The topological polar surface area (TPSA) is 39.2 Å². The highest BCUT2D eigenvalue weighted by Gasteiger charge is 2.20. The average Bonchev–Trinajstić information content (AvgIpc) is 2.46. The average molecular weight is 211 g/mol. The third-order valence-electron chi connectivity index (χ3n) is 2.19. The molecule has 2 aromatic rings. The number of hydrogen-bond acceptors (Lipinski definition) is 2. The first-order chi connectivity index (χ1) is 6.88. The molecule has 0 bridgehead atoms. The first-order valence-electron chi connectivity index (χ1n) is 4.56. The van der Waals surface area contributed by atoms with Crippen LogP contribution in [0.25, 0.3) is 11.0 Å². The van der Waals surface area contributed by atoms with Crippen molar-refractivity contribution in [2.45, 2.75) is 19.4 Å². The van der Waals surface area contributed by atoms with E-state index in [2.05, 4.69) is 0 Å². The first-order valence-corrected chi connectivity index (χ1v) is 4.56. The zero-order valence-electron chi connectivity index (χ0n) is 8.47. The third-order valence-corrected chi connectivity index (χ3v) is 2.19. The van der Waals surface area contributed by atoms with Crippen molar-refractivity contribution in [3.63, 3.8) is 0 Å². The van der Waals surface area contributed by atoms with Crippen molar-refractivity contribution in [3.8, 4) is 0 Å². The van der Waals surface area contributed by atoms with Crippen molar-refractivity contribution in [1.82, 2.24) is 0 Å². The molecular formula is C11H11F2NO. The Morgan fingerprint density at radius 2 is 1.87 bits per heavy atom. The third kappa shape index (κ3) is 1.72. The maximum atomic E-state index is 13.3. The van der Waals surface area contributed by atoms with Gasteiger partial charge in [-0.2, -0.15) is 0 Å². The summed E-state index contributed by atoms with van der Waals surface area (Å²) in [5, 5.41) is 0.255. The Morgan fingerprint density at radius 3 is 2.47 bits per heavy atom. The molecule has 0 aliphatic rings. The molecule has 0 unspecified atom stereocenters. The molecule has 1 aromatic heterocycles. The van der Waals surface area contributed by atoms with Crippen molar-refractivity contribution < 1.29 is 13.2 Å². The summed E-state index contributed by atoms with van der Waals surface area (Å²) in [7, 11) is 0. The lowest BCUT2D eigenvalue weighted by Gasteiger charge is -2.13. The molecule has 0 aliphatic carbocycles. The molecule has 80 valence electrons. The standard InChI is InChI=1S/C11H11F2NO/c1-11(2,14)10-5-7-8(13)3-6(12)4-9(7)15-10/h3-5H,14H2,1-2H3. The molecule has 0 saturated carbocycles. The summed E-state index contributed by atoms with van der Waals surface area (Å²) in [6.07, 6.45) is 0. The quantitative estimate of drug-likeness (QED) is 0.787. The Bertz CT molecular complexity index is 511. The Balaban J connectivity index is 2.71. The largest absolute Gasteiger partial charge is 0.459 e. The highest BCUT2D eigenvalue weighted by atomic mass is 19.1. The Morgan fingerprint density at radius 1 is 1.20 bits per heavy atom. The normalized spacial score (nSPS) is 12.3. The van der Waals surface area contributed by atoms with Gasteiger partial charge < -0.3 is 10.2 Å². The molecule has 0 aliphatic heterocycles. The fourth-order valence-electron chi connectivity index (χ4n) is 1.38. The Hall–Kier alpha value is -1.42. The number of benzene rings is 1. The number of fused-ring (bicyclic) bond motifs is 1. The van der Waals surface area contributed by atoms with Gasteiger partial charge in [0, 0.05) is 12.1 Å². The zero-order chi connectivity index (χ0) is 11.2. The predicted octanol–water partition coefficient (Wildman–Crippen LogP) is 2.90. The molecule has 4 heteroatoms. The van der Waals surface area contributed by atoms with Gasteiger partial charge in [-0.15, -0.1) is 0 Å². The van der Waals surface area contributed by atoms with E-state index in [1.54, 1.807) is 13.8 Å². The van der Waals surface area contributed by atoms with Gasteiger partial charge in [0.2, 0.25) is 0 Å². The summed E-state index contributed by atoms with van der Waals surface area (Å²) in [6, 6.07) is 3.48. The van der Waals surface area contributed by atoms with Gasteiger partial charge >= 0.3 is 0 Å². The maximum absolute atomic E-state index is 13.3. The van der Waals surface area contributed by atoms with Crippen LogP contribution in [0.5, 0.6) is 0 Å². The number of nitrogens with two attached hydrogens (primary N) is 1. The molecule has 2 N–H and O–H groups in total. The lowest BCUT2D eigenvalue weighted by molar-refractivity contribution is 0.412. The van der Waals surface area contributed by atoms with Crippen LogP contribution in [0.3, 0.4) is 0 Å². The van der Waals surface area contributed by atoms with Gasteiger partial charge in [-0.25, -0.2) is 8.78 Å². The van der Waals surface area contributed by atoms with E-state index in [4.69, 9.17) is 10.2 Å². The van der Waals surface area contributed by atoms with Crippen molar-refractivity contribution in [2.75, 3.05) is 0 Å². The maximum Gasteiger partial charge on any atom is 0.140 e. The molecule has 0 radical (unpaired) electrons. The van der Waals surface area contributed by atoms with Crippen molar-refractivity contribution in [1.29, 1.82) is 0 Å². The fourth-order valence-corrected chi connectivity index (χ4v) is 1.38. The summed E-state index contributed by atoms with van der Waals surface area (Å²) in [6.45, 7) is 3.47. The highest BCUT2D eigenvalue weighted by molar-refractivity contribution is 5.78. The van der Waals surface area contributed by atoms with Crippen LogP contribution < -0.4 is 5.73 Å². The molecule has 15 heavy (non-hydrogen) atoms. The molecule has 0 atom stereocenters. The zero-order valence-corrected chi connectivity index (χ0v) is 8.47. The van der Waals surface area contributed by atoms with Gasteiger partial charge in [0.15, 0.2) is 0 Å². The van der Waals surface area contributed by atoms with Gasteiger partial charge in [-0.3, -0.25) is 0 Å². The van der Waals surface area contributed by atoms with E-state index < -0.39 is 17.2 Å². The van der Waals surface area contributed by atoms with Crippen LogP contribution in [0.4, 0.5) is 8.78 Å². The number of rotatable bonds is 1. The predicted molar refractivity (Wildman–Crippen MR) is 53.3 cm³/mol. The van der Waals surface area contributed by atoms with Crippen LogP contribution in [0.1, 0.15) is 19.6 Å². The summed E-state index contributed by atoms with van der Waals surface area (Å²) in [5.74, 6) is -0.859. The fraction of sp³-hybridized carbons (Fsp3) is 0.273. The molecule has 0 spiro atoms. The van der Waals surface area contributed by atoms with E-state index in [1.165, 1.54) is 6.07 Å². The molecule has 1 heterocycles. The first kappa shape index (κ1) is 10.1. The summed E-state index contributed by atoms with van der Waals surface area (Å²) < 4.78 is 31.5. The lowest BCUT2D eigenvalue weighted by Crippen LogP contribution is -2.27. The van der Waals surface area contributed by atoms with Gasteiger partial charge in [0.1, 0.15) is 23.0 Å². The van der Waals surface area contributed by atoms with Crippen LogP contribution in [-0.4, -0.2) is 0 Å². The molecule has 0 fully saturated rings. The summed E-state index contributed by atoms with van der Waals surface area (Å²) in [4.78, 5) is 0. The molecule has 0 saturated heterocycles. The van der Waals surface area contributed by atoms with Gasteiger partial charge in [-0.1, -0.05) is 0 Å². The van der Waals surface area contributed by atoms with Crippen molar-refractivity contribution in [3.05, 3.63) is 35.6 Å². The highest BCUT2D eigenvalue weighted by Crippen LogP contribution is 2.28. The summed E-state index contributed by atoms with van der Waals surface area (Å²) >= 11 is 0. The second-order valence-electron chi connectivity index (χ2n) is 4.13. The molecule has 0 amide bonds. The molecule has 2 rings (SSSR count). The molecule has 2 nitrogen and oxygen atoms in total. The summed E-state index contributed by atoms with van der Waals surface area (Å²) in [5.41, 5.74) is 5.27. The van der Waals surface area contributed by atoms with Crippen LogP contribution in [-0.2, 0) is 5.54 Å². The van der Waals surface area contributed by atoms with E-state index in [9.17, 15) is 8.78 Å². The Labute approximate surface area is 85.7 Å².